The second-order valence-electron chi connectivity index (χ2n) is 10.5. The first kappa shape index (κ1) is 21.4. The van der Waals surface area contributed by atoms with Gasteiger partial charge in [0.15, 0.2) is 5.54 Å². The molecule has 2 N–H and O–H groups in total. The predicted octanol–water partition coefficient (Wildman–Crippen LogP) is 4.48. The summed E-state index contributed by atoms with van der Waals surface area (Å²) < 4.78 is 0. The Morgan fingerprint density at radius 3 is 2.38 bits per heavy atom. The highest BCUT2D eigenvalue weighted by atomic mass is 16.1. The van der Waals surface area contributed by atoms with Crippen LogP contribution in [0, 0.1) is 23.7 Å². The summed E-state index contributed by atoms with van der Waals surface area (Å²) in [4.78, 5) is 20.8. The van der Waals surface area contributed by atoms with Gasteiger partial charge in [0.05, 0.1) is 0 Å². The van der Waals surface area contributed by atoms with Crippen LogP contribution in [0.25, 0.3) is 0 Å². The third-order valence-electron chi connectivity index (χ3n) is 8.19. The molecular formula is C28H35N3O. The van der Waals surface area contributed by atoms with Crippen LogP contribution < -0.4 is 5.73 Å². The number of carbonyl (C=O) groups is 1. The maximum absolute atomic E-state index is 13.2. The Bertz CT molecular complexity index is 973. The van der Waals surface area contributed by atoms with Crippen LogP contribution in [0.2, 0.25) is 0 Å². The molecule has 1 amide bonds. The molecule has 3 aliphatic heterocycles. The topological polar surface area (TPSA) is 58.7 Å². The molecule has 6 unspecified atom stereocenters. The fourth-order valence-electron chi connectivity index (χ4n) is 6.79. The highest BCUT2D eigenvalue weighted by Crippen LogP contribution is 2.58. The molecule has 0 radical (unpaired) electrons. The average Bonchev–Trinajstić information content (AvgIpc) is 3.00. The number of benzene rings is 2. The van der Waals surface area contributed by atoms with E-state index in [-0.39, 0.29) is 23.9 Å². The molecule has 3 heterocycles. The van der Waals surface area contributed by atoms with Crippen molar-refractivity contribution >= 4 is 12.1 Å². The molecule has 4 aliphatic rings. The van der Waals surface area contributed by atoms with Gasteiger partial charge in [0.2, 0.25) is 5.91 Å². The van der Waals surface area contributed by atoms with E-state index in [1.54, 1.807) is 0 Å². The minimum atomic E-state index is -0.787. The summed E-state index contributed by atoms with van der Waals surface area (Å²) in [6, 6.07) is 21.7. The zero-order valence-electron chi connectivity index (χ0n) is 19.2. The van der Waals surface area contributed by atoms with Gasteiger partial charge in [-0.1, -0.05) is 80.9 Å². The summed E-state index contributed by atoms with van der Waals surface area (Å²) in [5, 5.41) is 0. The van der Waals surface area contributed by atoms with Gasteiger partial charge in [-0.25, -0.2) is 0 Å². The van der Waals surface area contributed by atoms with E-state index in [0.29, 0.717) is 17.8 Å². The molecule has 2 aromatic rings. The Morgan fingerprint density at radius 2 is 1.75 bits per heavy atom. The first-order chi connectivity index (χ1) is 15.5. The summed E-state index contributed by atoms with van der Waals surface area (Å²) in [5.74, 6) is 1.48. The molecule has 2 fully saturated rings. The van der Waals surface area contributed by atoms with Crippen molar-refractivity contribution in [1.29, 1.82) is 0 Å². The van der Waals surface area contributed by atoms with Crippen molar-refractivity contribution in [3.05, 3.63) is 71.8 Å². The van der Waals surface area contributed by atoms with Crippen molar-refractivity contribution < 1.29 is 4.79 Å². The first-order valence-electron chi connectivity index (χ1n) is 12.2. The summed E-state index contributed by atoms with van der Waals surface area (Å²) in [6.45, 7) is 5.42. The Kier molecular flexibility index (Phi) is 5.66. The smallest absolute Gasteiger partial charge is 0.247 e. The van der Waals surface area contributed by atoms with Crippen LogP contribution in [-0.2, 0) is 17.8 Å². The van der Waals surface area contributed by atoms with E-state index in [0.717, 1.165) is 25.8 Å². The molecule has 1 aliphatic carbocycles. The number of rotatable bonds is 8. The standard InChI is InChI=1S/C28H35N3O/c1-19(2)13-14-23-22-16-24-25(15-20-9-5-3-6-10-20)31(18-21-11-7-4-8-12-21)26(23)28(24,27(29)32)30-17-22/h3-12,17,19,22-26H,13-16,18H2,1-2H3,(H2,29,32). The zero-order chi connectivity index (χ0) is 22.3. The van der Waals surface area contributed by atoms with Crippen molar-refractivity contribution in [3.63, 3.8) is 0 Å². The van der Waals surface area contributed by atoms with Crippen LogP contribution >= 0.6 is 0 Å². The van der Waals surface area contributed by atoms with E-state index < -0.39 is 5.54 Å². The quantitative estimate of drug-likeness (QED) is 0.673. The Balaban J connectivity index is 1.57. The van der Waals surface area contributed by atoms with Crippen LogP contribution in [-0.4, -0.2) is 34.6 Å². The van der Waals surface area contributed by atoms with Crippen molar-refractivity contribution in [3.8, 4) is 0 Å². The summed E-state index contributed by atoms with van der Waals surface area (Å²) in [6.07, 6.45) is 6.35. The largest absolute Gasteiger partial charge is 0.367 e. The van der Waals surface area contributed by atoms with Crippen molar-refractivity contribution in [2.75, 3.05) is 0 Å². The molecule has 1 saturated heterocycles. The van der Waals surface area contributed by atoms with Gasteiger partial charge in [0, 0.05) is 30.8 Å². The molecule has 168 valence electrons. The number of likely N-dealkylation sites (tertiary alicyclic amines) is 1. The second-order valence-corrected chi connectivity index (χ2v) is 10.5. The Labute approximate surface area is 191 Å². The van der Waals surface area contributed by atoms with E-state index >= 15 is 0 Å². The number of hydrogen-bond acceptors (Lipinski definition) is 3. The van der Waals surface area contributed by atoms with Gasteiger partial charge < -0.3 is 5.73 Å². The molecule has 6 rings (SSSR count). The molecule has 4 heteroatoms. The Hall–Kier alpha value is -2.46. The lowest BCUT2D eigenvalue weighted by molar-refractivity contribution is -0.128. The number of nitrogens with two attached hydrogens (primary N) is 1. The molecule has 2 aromatic carbocycles. The normalized spacial score (nSPS) is 33.2. The van der Waals surface area contributed by atoms with Crippen LogP contribution in [0.15, 0.2) is 65.7 Å². The minimum absolute atomic E-state index is 0.0846. The lowest BCUT2D eigenvalue weighted by Crippen LogP contribution is -2.64. The maximum Gasteiger partial charge on any atom is 0.247 e. The number of aliphatic imine (C=N–C) groups is 1. The number of carbonyl (C=O) groups excluding carboxylic acids is 1. The fraction of sp³-hybridized carbons (Fsp3) is 0.500. The monoisotopic (exact) mass is 429 g/mol. The van der Waals surface area contributed by atoms with Gasteiger partial charge in [-0.15, -0.1) is 0 Å². The van der Waals surface area contributed by atoms with E-state index in [2.05, 4.69) is 85.6 Å². The van der Waals surface area contributed by atoms with Gasteiger partial charge >= 0.3 is 0 Å². The highest BCUT2D eigenvalue weighted by molar-refractivity contribution is 5.91. The first-order valence-corrected chi connectivity index (χ1v) is 12.2. The van der Waals surface area contributed by atoms with Gasteiger partial charge in [0.25, 0.3) is 0 Å². The number of primary amides is 1. The van der Waals surface area contributed by atoms with E-state index in [4.69, 9.17) is 10.7 Å². The molecule has 4 bridgehead atoms. The van der Waals surface area contributed by atoms with Crippen molar-refractivity contribution in [2.24, 2.45) is 34.4 Å². The molecule has 0 spiro atoms. The molecule has 4 nitrogen and oxygen atoms in total. The number of hydrogen-bond donors (Lipinski definition) is 1. The zero-order valence-corrected chi connectivity index (χ0v) is 19.2. The molecule has 0 aromatic heterocycles. The molecule has 32 heavy (non-hydrogen) atoms. The van der Waals surface area contributed by atoms with Gasteiger partial charge in [-0.3, -0.25) is 14.7 Å². The van der Waals surface area contributed by atoms with E-state index in [1.165, 1.54) is 17.5 Å². The third-order valence-corrected chi connectivity index (χ3v) is 8.19. The van der Waals surface area contributed by atoms with Crippen LogP contribution in [0.1, 0.15) is 44.2 Å². The summed E-state index contributed by atoms with van der Waals surface area (Å²) in [5.41, 5.74) is 8.03. The minimum Gasteiger partial charge on any atom is -0.367 e. The van der Waals surface area contributed by atoms with Gasteiger partial charge in [0.1, 0.15) is 0 Å². The number of nitrogens with zero attached hydrogens (tertiary/aromatic N) is 2. The third kappa shape index (κ3) is 3.49. The van der Waals surface area contributed by atoms with Gasteiger partial charge in [-0.2, -0.15) is 0 Å². The molecule has 6 atom stereocenters. The second kappa shape index (κ2) is 8.47. The highest BCUT2D eigenvalue weighted by Gasteiger charge is 2.69. The predicted molar refractivity (Wildman–Crippen MR) is 129 cm³/mol. The van der Waals surface area contributed by atoms with Gasteiger partial charge in [-0.05, 0) is 48.1 Å². The molecular weight excluding hydrogens is 394 g/mol. The Morgan fingerprint density at radius 1 is 1.09 bits per heavy atom. The summed E-state index contributed by atoms with van der Waals surface area (Å²) >= 11 is 0. The summed E-state index contributed by atoms with van der Waals surface area (Å²) in [7, 11) is 0. The van der Waals surface area contributed by atoms with Crippen molar-refractivity contribution in [2.45, 2.75) is 63.7 Å². The lowest BCUT2D eigenvalue weighted by atomic mass is 9.59. The SMILES string of the molecule is CC(C)CCC1C2C=NC3(C(N)=O)C(C2)C(Cc2ccccc2)N(Cc2ccccc2)C13. The average molecular weight is 430 g/mol. The fourth-order valence-corrected chi connectivity index (χ4v) is 6.79. The van der Waals surface area contributed by atoms with E-state index in [1.807, 2.05) is 0 Å². The van der Waals surface area contributed by atoms with Crippen molar-refractivity contribution in [1.82, 2.24) is 4.90 Å². The van der Waals surface area contributed by atoms with Crippen LogP contribution in [0.4, 0.5) is 0 Å². The van der Waals surface area contributed by atoms with Crippen LogP contribution in [0.3, 0.4) is 0 Å². The number of amides is 1. The molecule has 1 saturated carbocycles. The maximum atomic E-state index is 13.2. The van der Waals surface area contributed by atoms with E-state index in [9.17, 15) is 4.79 Å². The lowest BCUT2D eigenvalue weighted by Gasteiger charge is -2.50. The van der Waals surface area contributed by atoms with Crippen LogP contribution in [0.5, 0.6) is 0 Å².